The number of hydrogen-bond donors (Lipinski definition) is 0. The summed E-state index contributed by atoms with van der Waals surface area (Å²) in [7, 11) is 0. The quantitative estimate of drug-likeness (QED) is 0.850. The minimum atomic E-state index is -0.781. The monoisotopic (exact) mass is 316 g/mol. The first-order valence-electron chi connectivity index (χ1n) is 6.73. The van der Waals surface area contributed by atoms with E-state index in [0.717, 1.165) is 9.96 Å². The molecule has 0 saturated carbocycles. The van der Waals surface area contributed by atoms with Crippen molar-refractivity contribution in [2.75, 3.05) is 9.96 Å². The number of carbonyl (C=O) groups is 2. The molecule has 5 nitrogen and oxygen atoms in total. The van der Waals surface area contributed by atoms with E-state index >= 15 is 0 Å². The van der Waals surface area contributed by atoms with Gasteiger partial charge in [-0.05, 0) is 37.3 Å². The fraction of sp³-hybridized carbons (Fsp3) is 0.125. The second-order valence-corrected chi connectivity index (χ2v) is 5.25. The summed E-state index contributed by atoms with van der Waals surface area (Å²) >= 11 is 5.96. The van der Waals surface area contributed by atoms with Gasteiger partial charge in [0.05, 0.1) is 11.4 Å². The molecule has 1 saturated heterocycles. The van der Waals surface area contributed by atoms with E-state index in [9.17, 15) is 9.59 Å². The maximum absolute atomic E-state index is 12.7. The van der Waals surface area contributed by atoms with Crippen molar-refractivity contribution >= 4 is 34.9 Å². The zero-order valence-electron chi connectivity index (χ0n) is 11.8. The first kappa shape index (κ1) is 14.6. The summed E-state index contributed by atoms with van der Waals surface area (Å²) in [6.45, 7) is 1.60. The van der Waals surface area contributed by atoms with Gasteiger partial charge in [0, 0.05) is 5.02 Å². The van der Waals surface area contributed by atoms with Gasteiger partial charge in [-0.2, -0.15) is 5.06 Å². The molecule has 0 bridgehead atoms. The van der Waals surface area contributed by atoms with Crippen molar-refractivity contribution < 1.29 is 14.4 Å². The smallest absolute Gasteiger partial charge is 0.271 e. The van der Waals surface area contributed by atoms with Crippen LogP contribution in [-0.4, -0.2) is 18.0 Å². The highest BCUT2D eigenvalue weighted by molar-refractivity contribution is 6.31. The molecule has 22 heavy (non-hydrogen) atoms. The van der Waals surface area contributed by atoms with E-state index in [0.29, 0.717) is 16.4 Å². The molecule has 3 amide bonds. The summed E-state index contributed by atoms with van der Waals surface area (Å²) in [6, 6.07) is 14.9. The minimum Gasteiger partial charge on any atom is -0.271 e. The Hall–Kier alpha value is -2.37. The van der Waals surface area contributed by atoms with Gasteiger partial charge in [-0.3, -0.25) is 9.63 Å². The van der Waals surface area contributed by atoms with Crippen molar-refractivity contribution in [2.45, 2.75) is 13.0 Å². The number of hydrogen-bond acceptors (Lipinski definition) is 3. The van der Waals surface area contributed by atoms with Crippen molar-refractivity contribution in [1.82, 2.24) is 0 Å². The maximum atomic E-state index is 12.7. The van der Waals surface area contributed by atoms with Crippen LogP contribution in [0.2, 0.25) is 5.02 Å². The second kappa shape index (κ2) is 5.79. The third kappa shape index (κ3) is 2.56. The van der Waals surface area contributed by atoms with Crippen LogP contribution < -0.4 is 9.96 Å². The Kier molecular flexibility index (Phi) is 3.83. The average molecular weight is 317 g/mol. The molecular weight excluding hydrogens is 304 g/mol. The van der Waals surface area contributed by atoms with E-state index in [1.54, 1.807) is 55.5 Å². The number of amides is 3. The van der Waals surface area contributed by atoms with Crippen LogP contribution in [0.3, 0.4) is 0 Å². The number of hydroxylamine groups is 1. The molecule has 2 aromatic carbocycles. The number of anilines is 2. The van der Waals surface area contributed by atoms with Crippen molar-refractivity contribution in [2.24, 2.45) is 0 Å². The van der Waals surface area contributed by atoms with Gasteiger partial charge in [-0.1, -0.05) is 35.9 Å². The lowest BCUT2D eigenvalue weighted by molar-refractivity contribution is -0.130. The van der Waals surface area contributed by atoms with Crippen molar-refractivity contribution in [3.05, 3.63) is 59.6 Å². The summed E-state index contributed by atoms with van der Waals surface area (Å²) in [5.41, 5.74) is 0.970. The number of halogens is 1. The van der Waals surface area contributed by atoms with E-state index in [-0.39, 0.29) is 0 Å². The minimum absolute atomic E-state index is 0.415. The molecular formula is C16H13ClN2O3. The molecule has 1 fully saturated rings. The highest BCUT2D eigenvalue weighted by atomic mass is 35.5. The van der Waals surface area contributed by atoms with Crippen molar-refractivity contribution in [3.8, 4) is 0 Å². The first-order chi connectivity index (χ1) is 10.6. The Balaban J connectivity index is 2.01. The van der Waals surface area contributed by atoms with Gasteiger partial charge in [-0.25, -0.2) is 9.69 Å². The number of para-hydroxylation sites is 1. The zero-order valence-corrected chi connectivity index (χ0v) is 12.5. The Bertz CT molecular complexity index is 720. The predicted molar refractivity (Wildman–Crippen MR) is 83.8 cm³/mol. The van der Waals surface area contributed by atoms with Crippen LogP contribution in [0.1, 0.15) is 6.92 Å². The van der Waals surface area contributed by atoms with Gasteiger partial charge in [0.15, 0.2) is 6.10 Å². The van der Waals surface area contributed by atoms with E-state index < -0.39 is 18.0 Å². The number of benzene rings is 2. The van der Waals surface area contributed by atoms with Crippen LogP contribution in [0.5, 0.6) is 0 Å². The Morgan fingerprint density at radius 1 is 1.00 bits per heavy atom. The number of urea groups is 1. The normalized spacial score (nSPS) is 18.7. The third-order valence-electron chi connectivity index (χ3n) is 3.25. The highest BCUT2D eigenvalue weighted by Gasteiger charge is 2.40. The molecule has 1 heterocycles. The van der Waals surface area contributed by atoms with Crippen LogP contribution in [0.15, 0.2) is 54.6 Å². The SMILES string of the molecule is CC1ON(c2ccccc2)C(=O)N(c2cccc(Cl)c2)C1=O. The lowest BCUT2D eigenvalue weighted by Gasteiger charge is -2.36. The van der Waals surface area contributed by atoms with Crippen molar-refractivity contribution in [3.63, 3.8) is 0 Å². The van der Waals surface area contributed by atoms with Crippen LogP contribution in [0.4, 0.5) is 16.2 Å². The van der Waals surface area contributed by atoms with Gasteiger partial charge in [0.2, 0.25) is 0 Å². The third-order valence-corrected chi connectivity index (χ3v) is 3.49. The highest BCUT2D eigenvalue weighted by Crippen LogP contribution is 2.28. The van der Waals surface area contributed by atoms with Crippen LogP contribution in [0, 0.1) is 0 Å². The van der Waals surface area contributed by atoms with Crippen LogP contribution >= 0.6 is 11.6 Å². The Labute approximate surface area is 132 Å². The van der Waals surface area contributed by atoms with Gasteiger partial charge < -0.3 is 0 Å². The number of imide groups is 1. The van der Waals surface area contributed by atoms with Crippen molar-refractivity contribution in [1.29, 1.82) is 0 Å². The van der Waals surface area contributed by atoms with E-state index in [2.05, 4.69) is 0 Å². The Morgan fingerprint density at radius 3 is 2.36 bits per heavy atom. The molecule has 6 heteroatoms. The summed E-state index contributed by atoms with van der Waals surface area (Å²) in [6.07, 6.45) is -0.781. The van der Waals surface area contributed by atoms with Crippen LogP contribution in [0.25, 0.3) is 0 Å². The molecule has 0 N–H and O–H groups in total. The summed E-state index contributed by atoms with van der Waals surface area (Å²) < 4.78 is 0. The standard InChI is InChI=1S/C16H13ClN2O3/c1-11-15(20)18(14-9-5-6-12(17)10-14)16(21)19(22-11)13-7-3-2-4-8-13/h2-11H,1H3. The molecule has 0 spiro atoms. The average Bonchev–Trinajstić information content (AvgIpc) is 2.52. The number of carbonyl (C=O) groups excluding carboxylic acids is 2. The van der Waals surface area contributed by atoms with E-state index in [4.69, 9.17) is 16.4 Å². The fourth-order valence-electron chi connectivity index (χ4n) is 2.20. The van der Waals surface area contributed by atoms with Crippen LogP contribution in [-0.2, 0) is 9.63 Å². The van der Waals surface area contributed by atoms with Gasteiger partial charge >= 0.3 is 6.03 Å². The largest absolute Gasteiger partial charge is 0.360 e. The molecule has 1 atom stereocenters. The zero-order chi connectivity index (χ0) is 15.7. The molecule has 0 radical (unpaired) electrons. The number of nitrogens with zero attached hydrogens (tertiary/aromatic N) is 2. The second-order valence-electron chi connectivity index (χ2n) is 4.81. The lowest BCUT2D eigenvalue weighted by Crippen LogP contribution is -2.57. The first-order valence-corrected chi connectivity index (χ1v) is 7.11. The summed E-state index contributed by atoms with van der Waals surface area (Å²) in [5.74, 6) is -0.431. The molecule has 2 aromatic rings. The molecule has 0 aromatic heterocycles. The molecule has 3 rings (SSSR count). The summed E-state index contributed by atoms with van der Waals surface area (Å²) in [5, 5.41) is 1.57. The lowest BCUT2D eigenvalue weighted by atomic mass is 10.2. The van der Waals surface area contributed by atoms with Gasteiger partial charge in [0.25, 0.3) is 5.91 Å². The molecule has 1 aliphatic rings. The summed E-state index contributed by atoms with van der Waals surface area (Å²) in [4.78, 5) is 31.5. The van der Waals surface area contributed by atoms with E-state index in [1.807, 2.05) is 6.07 Å². The Morgan fingerprint density at radius 2 is 1.68 bits per heavy atom. The van der Waals surface area contributed by atoms with E-state index in [1.165, 1.54) is 0 Å². The molecule has 1 aliphatic heterocycles. The number of rotatable bonds is 2. The van der Waals surface area contributed by atoms with Gasteiger partial charge in [-0.15, -0.1) is 0 Å². The van der Waals surface area contributed by atoms with Gasteiger partial charge in [0.1, 0.15) is 0 Å². The topological polar surface area (TPSA) is 49.9 Å². The molecule has 1 unspecified atom stereocenters. The maximum Gasteiger partial charge on any atom is 0.360 e. The predicted octanol–water partition coefficient (Wildman–Crippen LogP) is 3.63. The molecule has 112 valence electrons. The molecule has 0 aliphatic carbocycles. The fourth-order valence-corrected chi connectivity index (χ4v) is 2.39.